The molecule has 1 saturated heterocycles. The second-order valence-electron chi connectivity index (χ2n) is 8.05. The lowest BCUT2D eigenvalue weighted by Gasteiger charge is -2.21. The lowest BCUT2D eigenvalue weighted by Crippen LogP contribution is -2.41. The number of thiocarbonyl (C=S) groups is 1. The number of H-pyrrole nitrogens is 1. The Balaban J connectivity index is 1.52. The highest BCUT2D eigenvalue weighted by Gasteiger charge is 2.20. The number of nitrogens with one attached hydrogen (secondary N) is 3. The van der Waals surface area contributed by atoms with Crippen LogP contribution in [0.3, 0.4) is 0 Å². The average molecular weight is 423 g/mol. The quantitative estimate of drug-likeness (QED) is 0.503. The maximum Gasteiger partial charge on any atom is 0.166 e. The van der Waals surface area contributed by atoms with Crippen LogP contribution in [-0.2, 0) is 4.74 Å². The number of hydrogen-bond donors (Lipinski definition) is 3. The van der Waals surface area contributed by atoms with Crippen LogP contribution in [0.15, 0.2) is 54.7 Å². The molecule has 0 spiro atoms. The van der Waals surface area contributed by atoms with E-state index in [0.717, 1.165) is 38.1 Å². The third-order valence-corrected chi connectivity index (χ3v) is 6.08. The second kappa shape index (κ2) is 9.49. The lowest BCUT2D eigenvalue weighted by molar-refractivity contribution is 0.114. The first kappa shape index (κ1) is 20.7. The van der Waals surface area contributed by atoms with Crippen molar-refractivity contribution in [1.29, 1.82) is 0 Å². The number of nitrogens with zero attached hydrogens (tertiary/aromatic N) is 1. The number of aromatic nitrogens is 1. The number of aromatic amines is 1. The molecule has 6 heteroatoms. The van der Waals surface area contributed by atoms with Gasteiger partial charge in [-0.1, -0.05) is 30.3 Å². The minimum atomic E-state index is 0.180. The Bertz CT molecular complexity index is 976. The van der Waals surface area contributed by atoms with E-state index in [-0.39, 0.29) is 12.0 Å². The Hall–Kier alpha value is -2.57. The second-order valence-corrected chi connectivity index (χ2v) is 8.46. The largest absolute Gasteiger partial charge is 0.378 e. The minimum Gasteiger partial charge on any atom is -0.378 e. The van der Waals surface area contributed by atoms with Crippen LogP contribution < -0.4 is 15.5 Å². The van der Waals surface area contributed by atoms with E-state index in [2.05, 4.69) is 89.3 Å². The summed E-state index contributed by atoms with van der Waals surface area (Å²) < 4.78 is 5.68. The first-order chi connectivity index (χ1) is 14.6. The normalized spacial score (nSPS) is 17.1. The maximum atomic E-state index is 5.68. The van der Waals surface area contributed by atoms with E-state index in [1.807, 2.05) is 0 Å². The summed E-state index contributed by atoms with van der Waals surface area (Å²) in [6.45, 7) is 2.35. The molecule has 1 fully saturated rings. The monoisotopic (exact) mass is 422 g/mol. The molecule has 2 aromatic carbocycles. The van der Waals surface area contributed by atoms with Crippen molar-refractivity contribution in [1.82, 2.24) is 15.6 Å². The summed E-state index contributed by atoms with van der Waals surface area (Å²) in [4.78, 5) is 5.53. The van der Waals surface area contributed by atoms with Crippen molar-refractivity contribution in [2.75, 3.05) is 38.7 Å². The molecule has 158 valence electrons. The molecule has 1 aliphatic rings. The molecular formula is C24H30N4OS. The third kappa shape index (κ3) is 4.77. The van der Waals surface area contributed by atoms with Crippen molar-refractivity contribution in [2.45, 2.75) is 24.9 Å². The van der Waals surface area contributed by atoms with Crippen LogP contribution >= 0.6 is 12.2 Å². The molecule has 3 aromatic rings. The van der Waals surface area contributed by atoms with Gasteiger partial charge in [-0.3, -0.25) is 0 Å². The van der Waals surface area contributed by atoms with Gasteiger partial charge in [-0.2, -0.15) is 0 Å². The molecule has 2 heterocycles. The van der Waals surface area contributed by atoms with Crippen LogP contribution in [0.4, 0.5) is 5.69 Å². The molecule has 3 N–H and O–H groups in total. The molecule has 1 aliphatic heterocycles. The fraction of sp³-hybridized carbons (Fsp3) is 0.375. The van der Waals surface area contributed by atoms with Crippen molar-refractivity contribution >= 4 is 33.9 Å². The molecule has 2 atom stereocenters. The van der Waals surface area contributed by atoms with Crippen LogP contribution in [0, 0.1) is 0 Å². The molecule has 0 saturated carbocycles. The summed E-state index contributed by atoms with van der Waals surface area (Å²) in [6.07, 6.45) is 4.64. The molecular weight excluding hydrogens is 392 g/mol. The van der Waals surface area contributed by atoms with Gasteiger partial charge in [0, 0.05) is 62.5 Å². The van der Waals surface area contributed by atoms with Crippen molar-refractivity contribution in [3.63, 3.8) is 0 Å². The van der Waals surface area contributed by atoms with E-state index in [1.54, 1.807) is 0 Å². The standard InChI is InChI=1S/C24H30N4OS/c1-28(2)18-11-9-17(10-12-18)21(22-16-25-23-8-4-3-7-20(22)23)15-27-24(30)26-14-19-6-5-13-29-19/h3-4,7-12,16,19,21,25H,5-6,13-15H2,1-2H3,(H2,26,27,30)/t19-,21+/m1/s1. The van der Waals surface area contributed by atoms with Gasteiger partial charge in [0.25, 0.3) is 0 Å². The summed E-state index contributed by atoms with van der Waals surface area (Å²) in [6, 6.07) is 17.2. The highest BCUT2D eigenvalue weighted by molar-refractivity contribution is 7.80. The van der Waals surface area contributed by atoms with Crippen LogP contribution in [0.1, 0.15) is 29.9 Å². The van der Waals surface area contributed by atoms with Gasteiger partial charge in [-0.15, -0.1) is 0 Å². The number of ether oxygens (including phenoxy) is 1. The zero-order valence-corrected chi connectivity index (χ0v) is 18.5. The highest BCUT2D eigenvalue weighted by Crippen LogP contribution is 2.31. The van der Waals surface area contributed by atoms with Gasteiger partial charge < -0.3 is 25.3 Å². The van der Waals surface area contributed by atoms with E-state index in [0.29, 0.717) is 5.11 Å². The van der Waals surface area contributed by atoms with Gasteiger partial charge in [0.2, 0.25) is 0 Å². The van der Waals surface area contributed by atoms with Crippen molar-refractivity contribution in [2.24, 2.45) is 0 Å². The first-order valence-corrected chi connectivity index (χ1v) is 11.0. The summed E-state index contributed by atoms with van der Waals surface area (Å²) in [5.74, 6) is 0.180. The van der Waals surface area contributed by atoms with E-state index >= 15 is 0 Å². The number of benzene rings is 2. The van der Waals surface area contributed by atoms with Gasteiger partial charge in [-0.05, 0) is 54.4 Å². The van der Waals surface area contributed by atoms with Crippen molar-refractivity contribution in [3.05, 3.63) is 65.9 Å². The van der Waals surface area contributed by atoms with Crippen molar-refractivity contribution in [3.8, 4) is 0 Å². The minimum absolute atomic E-state index is 0.180. The number of fused-ring (bicyclic) bond motifs is 1. The van der Waals surface area contributed by atoms with Crippen LogP contribution in [0.5, 0.6) is 0 Å². The molecule has 30 heavy (non-hydrogen) atoms. The molecule has 5 nitrogen and oxygen atoms in total. The summed E-state index contributed by atoms with van der Waals surface area (Å²) in [5, 5.41) is 8.68. The highest BCUT2D eigenvalue weighted by atomic mass is 32.1. The van der Waals surface area contributed by atoms with E-state index in [1.165, 1.54) is 22.2 Å². The van der Waals surface area contributed by atoms with Crippen LogP contribution in [-0.4, -0.2) is 50.0 Å². The summed E-state index contributed by atoms with van der Waals surface area (Å²) >= 11 is 5.54. The topological polar surface area (TPSA) is 52.3 Å². The Kier molecular flexibility index (Phi) is 6.55. The molecule has 1 aromatic heterocycles. The zero-order valence-electron chi connectivity index (χ0n) is 17.7. The van der Waals surface area contributed by atoms with E-state index in [4.69, 9.17) is 17.0 Å². The fourth-order valence-corrected chi connectivity index (χ4v) is 4.23. The lowest BCUT2D eigenvalue weighted by atomic mass is 9.90. The Morgan fingerprint density at radius 1 is 1.17 bits per heavy atom. The zero-order chi connectivity index (χ0) is 20.9. The van der Waals surface area contributed by atoms with Crippen LogP contribution in [0.2, 0.25) is 0 Å². The Morgan fingerprint density at radius 3 is 2.70 bits per heavy atom. The average Bonchev–Trinajstić information content (AvgIpc) is 3.43. The smallest absolute Gasteiger partial charge is 0.166 e. The SMILES string of the molecule is CN(C)c1ccc([C@H](CNC(=S)NC[C@H]2CCCO2)c2c[nH]c3ccccc23)cc1. The fourth-order valence-electron chi connectivity index (χ4n) is 4.06. The number of hydrogen-bond acceptors (Lipinski definition) is 3. The Labute approximate surface area is 183 Å². The molecule has 4 rings (SSSR count). The van der Waals surface area contributed by atoms with Gasteiger partial charge in [0.05, 0.1) is 6.10 Å². The van der Waals surface area contributed by atoms with E-state index in [9.17, 15) is 0 Å². The molecule has 0 bridgehead atoms. The van der Waals surface area contributed by atoms with Gasteiger partial charge >= 0.3 is 0 Å². The summed E-state index contributed by atoms with van der Waals surface area (Å²) in [5.41, 5.74) is 4.89. The van der Waals surface area contributed by atoms with Gasteiger partial charge in [-0.25, -0.2) is 0 Å². The van der Waals surface area contributed by atoms with Gasteiger partial charge in [0.1, 0.15) is 0 Å². The predicted molar refractivity (Wildman–Crippen MR) is 128 cm³/mol. The van der Waals surface area contributed by atoms with Gasteiger partial charge in [0.15, 0.2) is 5.11 Å². The number of para-hydroxylation sites is 1. The molecule has 0 unspecified atom stereocenters. The molecule has 0 amide bonds. The first-order valence-electron chi connectivity index (χ1n) is 10.6. The molecule has 0 radical (unpaired) electrons. The van der Waals surface area contributed by atoms with Crippen LogP contribution in [0.25, 0.3) is 10.9 Å². The van der Waals surface area contributed by atoms with E-state index < -0.39 is 0 Å². The van der Waals surface area contributed by atoms with Crippen molar-refractivity contribution < 1.29 is 4.74 Å². The predicted octanol–water partition coefficient (Wildman–Crippen LogP) is 4.01. The number of rotatable bonds is 7. The third-order valence-electron chi connectivity index (χ3n) is 5.79. The molecule has 0 aliphatic carbocycles. The maximum absolute atomic E-state index is 5.68. The Morgan fingerprint density at radius 2 is 1.97 bits per heavy atom. The summed E-state index contributed by atoms with van der Waals surface area (Å²) in [7, 11) is 4.12. The number of anilines is 1.